The normalized spacial score (nSPS) is 11.3. The highest BCUT2D eigenvalue weighted by atomic mass is 16.6. The summed E-state index contributed by atoms with van der Waals surface area (Å²) in [6, 6.07) is 12.0. The molecule has 136 valence electrons. The lowest BCUT2D eigenvalue weighted by atomic mass is 10.1. The van der Waals surface area contributed by atoms with Crippen LogP contribution < -0.4 is 10.1 Å². The van der Waals surface area contributed by atoms with Gasteiger partial charge in [-0.05, 0) is 56.7 Å². The molecule has 0 fully saturated rings. The van der Waals surface area contributed by atoms with Gasteiger partial charge in [-0.25, -0.2) is 4.79 Å². The molecule has 0 aliphatic rings. The summed E-state index contributed by atoms with van der Waals surface area (Å²) in [6.07, 6.45) is -0.238. The number of rotatable bonds is 7. The third kappa shape index (κ3) is 5.44. The molecule has 2 aromatic rings. The number of aldehydes is 1. The second kappa shape index (κ2) is 8.80. The lowest BCUT2D eigenvalue weighted by Gasteiger charge is -2.15. The molecule has 0 aromatic heterocycles. The Hall–Kier alpha value is -3.15. The summed E-state index contributed by atoms with van der Waals surface area (Å²) in [7, 11) is 0. The Morgan fingerprint density at radius 1 is 1.12 bits per heavy atom. The molecule has 0 radical (unpaired) electrons. The quantitative estimate of drug-likeness (QED) is 0.610. The zero-order chi connectivity index (χ0) is 19.1. The van der Waals surface area contributed by atoms with Gasteiger partial charge in [-0.2, -0.15) is 0 Å². The summed E-state index contributed by atoms with van der Waals surface area (Å²) in [4.78, 5) is 34.6. The molecule has 6 heteroatoms. The SMILES string of the molecule is Cc1ccc(NC(=O)[C@@H](C)OC(=O)COc2ccc(C=O)cc2)c(C)c1. The maximum absolute atomic E-state index is 12.2. The number of amides is 1. The molecule has 2 rings (SSSR count). The van der Waals surface area contributed by atoms with Gasteiger partial charge >= 0.3 is 5.97 Å². The second-order valence-electron chi connectivity index (χ2n) is 5.92. The lowest BCUT2D eigenvalue weighted by molar-refractivity contribution is -0.155. The maximum atomic E-state index is 12.2. The van der Waals surface area contributed by atoms with Crippen LogP contribution in [-0.2, 0) is 14.3 Å². The Bertz CT molecular complexity index is 798. The van der Waals surface area contributed by atoms with Crippen LogP contribution >= 0.6 is 0 Å². The van der Waals surface area contributed by atoms with Crippen LogP contribution in [0.15, 0.2) is 42.5 Å². The topological polar surface area (TPSA) is 81.7 Å². The number of hydrogen-bond acceptors (Lipinski definition) is 5. The minimum absolute atomic E-state index is 0.332. The van der Waals surface area contributed by atoms with Gasteiger partial charge in [0, 0.05) is 11.3 Å². The smallest absolute Gasteiger partial charge is 0.344 e. The summed E-state index contributed by atoms with van der Waals surface area (Å²) in [6.45, 7) is 5.02. The molecule has 0 unspecified atom stereocenters. The fourth-order valence-electron chi connectivity index (χ4n) is 2.26. The molecular formula is C20H21NO5. The molecule has 0 saturated carbocycles. The van der Waals surface area contributed by atoms with Gasteiger partial charge in [0.05, 0.1) is 0 Å². The van der Waals surface area contributed by atoms with E-state index in [1.807, 2.05) is 32.0 Å². The third-order valence-electron chi connectivity index (χ3n) is 3.69. The highest BCUT2D eigenvalue weighted by molar-refractivity contribution is 5.95. The number of carbonyl (C=O) groups excluding carboxylic acids is 3. The fraction of sp³-hybridized carbons (Fsp3) is 0.250. The van der Waals surface area contributed by atoms with Crippen molar-refractivity contribution in [2.75, 3.05) is 11.9 Å². The van der Waals surface area contributed by atoms with Crippen LogP contribution in [0.2, 0.25) is 0 Å². The van der Waals surface area contributed by atoms with Crippen molar-refractivity contribution in [2.24, 2.45) is 0 Å². The summed E-state index contributed by atoms with van der Waals surface area (Å²) in [5.41, 5.74) is 3.21. The van der Waals surface area contributed by atoms with Crippen molar-refractivity contribution in [2.45, 2.75) is 26.9 Å². The molecule has 1 amide bonds. The van der Waals surface area contributed by atoms with E-state index in [1.165, 1.54) is 6.92 Å². The first kappa shape index (κ1) is 19.2. The Balaban J connectivity index is 1.83. The number of benzene rings is 2. The summed E-state index contributed by atoms with van der Waals surface area (Å²) in [5.74, 6) is -0.645. The van der Waals surface area contributed by atoms with Crippen molar-refractivity contribution in [3.63, 3.8) is 0 Å². The number of esters is 1. The van der Waals surface area contributed by atoms with Crippen LogP contribution in [0.5, 0.6) is 5.75 Å². The average Bonchev–Trinajstić information content (AvgIpc) is 2.62. The molecule has 0 bridgehead atoms. The van der Waals surface area contributed by atoms with Crippen molar-refractivity contribution in [1.82, 2.24) is 0 Å². The van der Waals surface area contributed by atoms with E-state index in [2.05, 4.69) is 5.32 Å². The Morgan fingerprint density at radius 2 is 1.81 bits per heavy atom. The first-order valence-electron chi connectivity index (χ1n) is 8.14. The van der Waals surface area contributed by atoms with E-state index in [0.717, 1.165) is 11.1 Å². The molecule has 6 nitrogen and oxygen atoms in total. The van der Waals surface area contributed by atoms with E-state index in [4.69, 9.17) is 9.47 Å². The van der Waals surface area contributed by atoms with E-state index in [0.29, 0.717) is 23.3 Å². The van der Waals surface area contributed by atoms with Gasteiger partial charge in [-0.15, -0.1) is 0 Å². The van der Waals surface area contributed by atoms with Crippen molar-refractivity contribution in [3.05, 3.63) is 59.2 Å². The van der Waals surface area contributed by atoms with E-state index in [9.17, 15) is 14.4 Å². The Kier molecular flexibility index (Phi) is 6.49. The molecular weight excluding hydrogens is 334 g/mol. The summed E-state index contributed by atoms with van der Waals surface area (Å²) >= 11 is 0. The van der Waals surface area contributed by atoms with Crippen LogP contribution in [-0.4, -0.2) is 30.9 Å². The number of nitrogens with one attached hydrogen (secondary N) is 1. The number of ether oxygens (including phenoxy) is 2. The molecule has 26 heavy (non-hydrogen) atoms. The number of hydrogen-bond donors (Lipinski definition) is 1. The van der Waals surface area contributed by atoms with Crippen LogP contribution in [0, 0.1) is 13.8 Å². The standard InChI is InChI=1S/C20H21NO5/c1-13-4-9-18(14(2)10-13)21-20(24)15(3)26-19(23)12-25-17-7-5-16(11-22)6-8-17/h4-11,15H,12H2,1-3H3,(H,21,24)/t15-/m1/s1. The summed E-state index contributed by atoms with van der Waals surface area (Å²) < 4.78 is 10.4. The minimum Gasteiger partial charge on any atom is -0.482 e. The highest BCUT2D eigenvalue weighted by Crippen LogP contribution is 2.16. The molecule has 1 N–H and O–H groups in total. The summed E-state index contributed by atoms with van der Waals surface area (Å²) in [5, 5.41) is 2.74. The van der Waals surface area contributed by atoms with Gasteiger partial charge in [0.2, 0.25) is 0 Å². The van der Waals surface area contributed by atoms with Gasteiger partial charge in [0.1, 0.15) is 12.0 Å². The van der Waals surface area contributed by atoms with Gasteiger partial charge in [-0.1, -0.05) is 17.7 Å². The van der Waals surface area contributed by atoms with Gasteiger partial charge in [0.15, 0.2) is 12.7 Å². The monoisotopic (exact) mass is 355 g/mol. The predicted octanol–water partition coefficient (Wildman–Crippen LogP) is 3.07. The molecule has 0 aliphatic carbocycles. The molecule has 0 heterocycles. The van der Waals surface area contributed by atoms with Gasteiger partial charge in [-0.3, -0.25) is 9.59 Å². The largest absolute Gasteiger partial charge is 0.482 e. The highest BCUT2D eigenvalue weighted by Gasteiger charge is 2.19. The predicted molar refractivity (Wildman–Crippen MR) is 97.4 cm³/mol. The first-order valence-corrected chi connectivity index (χ1v) is 8.14. The fourth-order valence-corrected chi connectivity index (χ4v) is 2.26. The number of carbonyl (C=O) groups is 3. The third-order valence-corrected chi connectivity index (χ3v) is 3.69. The molecule has 0 saturated heterocycles. The van der Waals surface area contributed by atoms with Crippen molar-refractivity contribution >= 4 is 23.9 Å². The van der Waals surface area contributed by atoms with Gasteiger partial charge in [0.25, 0.3) is 5.91 Å². The van der Waals surface area contributed by atoms with E-state index >= 15 is 0 Å². The van der Waals surface area contributed by atoms with E-state index in [-0.39, 0.29) is 6.61 Å². The molecule has 2 aromatic carbocycles. The van der Waals surface area contributed by atoms with Crippen molar-refractivity contribution in [3.8, 4) is 5.75 Å². The first-order chi connectivity index (χ1) is 12.4. The van der Waals surface area contributed by atoms with Crippen LogP contribution in [0.25, 0.3) is 0 Å². The average molecular weight is 355 g/mol. The van der Waals surface area contributed by atoms with E-state index in [1.54, 1.807) is 24.3 Å². The van der Waals surface area contributed by atoms with E-state index < -0.39 is 18.0 Å². The second-order valence-corrected chi connectivity index (χ2v) is 5.92. The van der Waals surface area contributed by atoms with Crippen LogP contribution in [0.1, 0.15) is 28.4 Å². The lowest BCUT2D eigenvalue weighted by Crippen LogP contribution is -2.31. The van der Waals surface area contributed by atoms with Crippen LogP contribution in [0.3, 0.4) is 0 Å². The zero-order valence-electron chi connectivity index (χ0n) is 14.9. The Morgan fingerprint density at radius 3 is 2.42 bits per heavy atom. The molecule has 0 spiro atoms. The van der Waals surface area contributed by atoms with Crippen molar-refractivity contribution in [1.29, 1.82) is 0 Å². The van der Waals surface area contributed by atoms with Crippen LogP contribution in [0.4, 0.5) is 5.69 Å². The maximum Gasteiger partial charge on any atom is 0.344 e. The number of anilines is 1. The minimum atomic E-state index is -0.954. The Labute approximate surface area is 152 Å². The van der Waals surface area contributed by atoms with Gasteiger partial charge < -0.3 is 14.8 Å². The van der Waals surface area contributed by atoms with Crippen molar-refractivity contribution < 1.29 is 23.9 Å². The molecule has 0 aliphatic heterocycles. The number of aryl methyl sites for hydroxylation is 2. The molecule has 1 atom stereocenters. The zero-order valence-corrected chi connectivity index (χ0v) is 14.9.